The molecule has 0 fully saturated rings. The van der Waals surface area contributed by atoms with Crippen molar-refractivity contribution in [1.82, 2.24) is 0 Å². The van der Waals surface area contributed by atoms with Crippen LogP contribution in [0.5, 0.6) is 5.75 Å². The quantitative estimate of drug-likeness (QED) is 0.390. The van der Waals surface area contributed by atoms with Gasteiger partial charge < -0.3 is 10.1 Å². The maximum Gasteiger partial charge on any atom is 0.261 e. The fraction of sp³-hybridized carbons (Fsp3) is 0.0417. The topological polar surface area (TPSA) is 84.5 Å². The van der Waals surface area contributed by atoms with E-state index in [1.54, 1.807) is 36.4 Å². The number of carbonyl (C=O) groups excluding carboxylic acids is 1. The molecule has 0 aliphatic heterocycles. The molecule has 0 aliphatic rings. The second kappa shape index (κ2) is 8.90. The van der Waals surface area contributed by atoms with Crippen LogP contribution in [0.2, 0.25) is 5.02 Å². The van der Waals surface area contributed by atoms with Crippen molar-refractivity contribution in [3.63, 3.8) is 0 Å². The van der Waals surface area contributed by atoms with Gasteiger partial charge in [-0.2, -0.15) is 0 Å². The van der Waals surface area contributed by atoms with Crippen molar-refractivity contribution < 1.29 is 17.9 Å². The van der Waals surface area contributed by atoms with Gasteiger partial charge in [0.25, 0.3) is 15.9 Å². The predicted molar refractivity (Wildman–Crippen MR) is 127 cm³/mol. The maximum absolute atomic E-state index is 13.1. The smallest absolute Gasteiger partial charge is 0.261 e. The molecule has 32 heavy (non-hydrogen) atoms. The monoisotopic (exact) mass is 466 g/mol. The number of hydrogen-bond donors (Lipinski definition) is 2. The van der Waals surface area contributed by atoms with Crippen LogP contribution in [0.4, 0.5) is 11.4 Å². The molecule has 0 aromatic heterocycles. The summed E-state index contributed by atoms with van der Waals surface area (Å²) in [5.41, 5.74) is 1.07. The molecule has 4 aromatic carbocycles. The number of carbonyl (C=O) groups is 1. The first-order valence-corrected chi connectivity index (χ1v) is 11.5. The lowest BCUT2D eigenvalue weighted by molar-refractivity contribution is 0.102. The van der Waals surface area contributed by atoms with E-state index >= 15 is 0 Å². The summed E-state index contributed by atoms with van der Waals surface area (Å²) in [5, 5.41) is 4.91. The lowest BCUT2D eigenvalue weighted by Gasteiger charge is -2.14. The summed E-state index contributed by atoms with van der Waals surface area (Å²) in [7, 11) is -2.49. The molecule has 4 rings (SSSR count). The van der Waals surface area contributed by atoms with Crippen molar-refractivity contribution in [1.29, 1.82) is 0 Å². The highest BCUT2D eigenvalue weighted by molar-refractivity contribution is 7.92. The molecule has 0 unspecified atom stereocenters. The van der Waals surface area contributed by atoms with E-state index in [0.717, 1.165) is 10.8 Å². The van der Waals surface area contributed by atoms with Gasteiger partial charge in [0, 0.05) is 16.0 Å². The third-order valence-corrected chi connectivity index (χ3v) is 6.48. The number of ether oxygens (including phenoxy) is 1. The van der Waals surface area contributed by atoms with E-state index < -0.39 is 15.9 Å². The van der Waals surface area contributed by atoms with Gasteiger partial charge in [-0.05, 0) is 53.9 Å². The van der Waals surface area contributed by atoms with E-state index in [-0.39, 0.29) is 10.6 Å². The van der Waals surface area contributed by atoms with Gasteiger partial charge in [0.05, 0.1) is 23.4 Å². The summed E-state index contributed by atoms with van der Waals surface area (Å²) in [6, 6.07) is 23.5. The maximum atomic E-state index is 13.1. The molecule has 6 nitrogen and oxygen atoms in total. The standard InChI is InChI=1S/C24H19ClN2O4S/c1-31-23-14-13-19(15-22(23)26-24(28)17-9-11-18(25)12-10-17)32(29,30)27-21-8-4-6-16-5-2-3-7-20(16)21/h2-15,27H,1H3,(H,26,28). The number of halogens is 1. The molecule has 0 bridgehead atoms. The summed E-state index contributed by atoms with van der Waals surface area (Å²) in [5.74, 6) is -0.0899. The molecule has 0 saturated carbocycles. The first-order valence-electron chi connectivity index (χ1n) is 9.63. The van der Waals surface area contributed by atoms with Crippen LogP contribution in [0.3, 0.4) is 0 Å². The Kier molecular flexibility index (Phi) is 6.03. The molecule has 0 aliphatic carbocycles. The van der Waals surface area contributed by atoms with Crippen LogP contribution in [-0.2, 0) is 10.0 Å². The zero-order valence-corrected chi connectivity index (χ0v) is 18.6. The van der Waals surface area contributed by atoms with Crippen LogP contribution in [0.15, 0.2) is 89.8 Å². The third kappa shape index (κ3) is 4.54. The Bertz CT molecular complexity index is 1400. The van der Waals surface area contributed by atoms with Crippen LogP contribution >= 0.6 is 11.6 Å². The Morgan fingerprint density at radius 1 is 0.875 bits per heavy atom. The van der Waals surface area contributed by atoms with E-state index in [4.69, 9.17) is 16.3 Å². The first kappa shape index (κ1) is 21.7. The Labute approximate surface area is 190 Å². The molecular weight excluding hydrogens is 448 g/mol. The molecule has 2 N–H and O–H groups in total. The van der Waals surface area contributed by atoms with Gasteiger partial charge in [-0.1, -0.05) is 48.0 Å². The number of nitrogens with one attached hydrogen (secondary N) is 2. The fourth-order valence-corrected chi connectivity index (χ4v) is 4.50. The SMILES string of the molecule is COc1ccc(S(=O)(=O)Nc2cccc3ccccc23)cc1NC(=O)c1ccc(Cl)cc1. The van der Waals surface area contributed by atoms with Crippen LogP contribution in [0.1, 0.15) is 10.4 Å². The Morgan fingerprint density at radius 2 is 1.59 bits per heavy atom. The normalized spacial score (nSPS) is 11.2. The van der Waals surface area contributed by atoms with Crippen LogP contribution in [-0.4, -0.2) is 21.4 Å². The van der Waals surface area contributed by atoms with Gasteiger partial charge in [0.2, 0.25) is 0 Å². The van der Waals surface area contributed by atoms with Crippen molar-refractivity contribution in [3.05, 3.63) is 95.5 Å². The Hall–Kier alpha value is -3.55. The van der Waals surface area contributed by atoms with Gasteiger partial charge >= 0.3 is 0 Å². The second-order valence-corrected chi connectivity index (χ2v) is 9.07. The van der Waals surface area contributed by atoms with Crippen molar-refractivity contribution in [2.45, 2.75) is 4.90 Å². The summed E-state index contributed by atoms with van der Waals surface area (Å²) in [4.78, 5) is 12.6. The lowest BCUT2D eigenvalue weighted by Crippen LogP contribution is -2.16. The van der Waals surface area contributed by atoms with E-state index in [0.29, 0.717) is 22.0 Å². The second-order valence-electron chi connectivity index (χ2n) is 6.96. The largest absolute Gasteiger partial charge is 0.495 e. The van der Waals surface area contributed by atoms with Gasteiger partial charge in [-0.3, -0.25) is 9.52 Å². The van der Waals surface area contributed by atoms with E-state index in [1.807, 2.05) is 30.3 Å². The predicted octanol–water partition coefficient (Wildman–Crippen LogP) is 5.55. The molecule has 162 valence electrons. The van der Waals surface area contributed by atoms with Crippen molar-refractivity contribution in [3.8, 4) is 5.75 Å². The summed E-state index contributed by atoms with van der Waals surface area (Å²) >= 11 is 5.87. The van der Waals surface area contributed by atoms with E-state index in [2.05, 4.69) is 10.0 Å². The van der Waals surface area contributed by atoms with Crippen LogP contribution in [0, 0.1) is 0 Å². The minimum Gasteiger partial charge on any atom is -0.495 e. The Morgan fingerprint density at radius 3 is 2.34 bits per heavy atom. The minimum absolute atomic E-state index is 0.0161. The number of benzene rings is 4. The average molecular weight is 467 g/mol. The highest BCUT2D eigenvalue weighted by Crippen LogP contribution is 2.30. The molecule has 8 heteroatoms. The zero-order chi connectivity index (χ0) is 22.7. The number of sulfonamides is 1. The summed E-state index contributed by atoms with van der Waals surface area (Å²) in [6.45, 7) is 0. The van der Waals surface area contributed by atoms with Crippen molar-refractivity contribution in [2.75, 3.05) is 17.1 Å². The van der Waals surface area contributed by atoms with Gasteiger partial charge in [-0.15, -0.1) is 0 Å². The number of methoxy groups -OCH3 is 1. The number of amides is 1. The lowest BCUT2D eigenvalue weighted by atomic mass is 10.1. The van der Waals surface area contributed by atoms with Crippen molar-refractivity contribution in [2.24, 2.45) is 0 Å². The summed E-state index contributed by atoms with van der Waals surface area (Å²) < 4.78 is 34.2. The molecule has 1 amide bonds. The molecule has 0 saturated heterocycles. The number of anilines is 2. The molecule has 0 heterocycles. The Balaban J connectivity index is 1.66. The molecule has 0 atom stereocenters. The average Bonchev–Trinajstić information content (AvgIpc) is 2.79. The number of hydrogen-bond acceptors (Lipinski definition) is 4. The van der Waals surface area contributed by atoms with Crippen LogP contribution < -0.4 is 14.8 Å². The molecule has 0 spiro atoms. The number of fused-ring (bicyclic) bond motifs is 1. The van der Waals surface area contributed by atoms with Crippen LogP contribution in [0.25, 0.3) is 10.8 Å². The van der Waals surface area contributed by atoms with E-state index in [9.17, 15) is 13.2 Å². The highest BCUT2D eigenvalue weighted by Gasteiger charge is 2.19. The highest BCUT2D eigenvalue weighted by atomic mass is 35.5. The van der Waals surface area contributed by atoms with Gasteiger partial charge in [0.15, 0.2) is 0 Å². The van der Waals surface area contributed by atoms with Crippen molar-refractivity contribution >= 4 is 49.7 Å². The minimum atomic E-state index is -3.93. The van der Waals surface area contributed by atoms with E-state index in [1.165, 1.54) is 25.3 Å². The number of rotatable bonds is 6. The molecule has 4 aromatic rings. The zero-order valence-electron chi connectivity index (χ0n) is 17.0. The molecule has 0 radical (unpaired) electrons. The summed E-state index contributed by atoms with van der Waals surface area (Å²) in [6.07, 6.45) is 0. The third-order valence-electron chi connectivity index (χ3n) is 4.87. The fourth-order valence-electron chi connectivity index (χ4n) is 3.27. The van der Waals surface area contributed by atoms with Gasteiger partial charge in [-0.25, -0.2) is 8.42 Å². The van der Waals surface area contributed by atoms with Gasteiger partial charge in [0.1, 0.15) is 5.75 Å². The first-order chi connectivity index (χ1) is 15.4. The molecular formula is C24H19ClN2O4S.